The van der Waals surface area contributed by atoms with Crippen LogP contribution in [0.2, 0.25) is 0 Å². The molecule has 1 aromatic heterocycles. The van der Waals surface area contributed by atoms with E-state index in [1.807, 2.05) is 0 Å². The maximum atomic E-state index is 13.5. The first-order valence-corrected chi connectivity index (χ1v) is 6.15. The van der Waals surface area contributed by atoms with Gasteiger partial charge in [-0.15, -0.1) is 0 Å². The van der Waals surface area contributed by atoms with Crippen LogP contribution in [-0.4, -0.2) is 30.2 Å². The number of hydrogen-bond donors (Lipinski definition) is 1. The second kappa shape index (κ2) is 4.93. The maximum Gasteiger partial charge on any atom is 0.165 e. The minimum atomic E-state index is -0.373. The highest BCUT2D eigenvalue weighted by Crippen LogP contribution is 2.30. The second-order valence-corrected chi connectivity index (χ2v) is 4.49. The predicted octanol–water partition coefficient (Wildman–Crippen LogP) is 1.98. The Bertz CT molecular complexity index is 599. The fourth-order valence-electron chi connectivity index (χ4n) is 2.16. The third kappa shape index (κ3) is 2.17. The smallest absolute Gasteiger partial charge is 0.165 e. The van der Waals surface area contributed by atoms with E-state index in [9.17, 15) is 4.39 Å². The van der Waals surface area contributed by atoms with Gasteiger partial charge in [0.2, 0.25) is 0 Å². The van der Waals surface area contributed by atoms with E-state index in [1.165, 1.54) is 13.2 Å². The van der Waals surface area contributed by atoms with Crippen LogP contribution in [0.1, 0.15) is 11.6 Å². The Hall–Kier alpha value is -2.01. The first kappa shape index (κ1) is 12.0. The molecule has 1 fully saturated rings. The number of aromatic nitrogens is 2. The lowest BCUT2D eigenvalue weighted by molar-refractivity contribution is 0.386. The number of ether oxygens (including phenoxy) is 1. The highest BCUT2D eigenvalue weighted by Gasteiger charge is 2.24. The van der Waals surface area contributed by atoms with Gasteiger partial charge in [0.25, 0.3) is 0 Å². The van der Waals surface area contributed by atoms with Crippen LogP contribution in [0.3, 0.4) is 0 Å². The molecule has 1 aliphatic heterocycles. The van der Waals surface area contributed by atoms with Crippen LogP contribution in [0.5, 0.6) is 5.75 Å². The van der Waals surface area contributed by atoms with Crippen molar-refractivity contribution >= 4 is 0 Å². The number of nitrogens with one attached hydrogen (secondary N) is 1. The van der Waals surface area contributed by atoms with Crippen LogP contribution in [0.15, 0.2) is 30.6 Å². The summed E-state index contributed by atoms with van der Waals surface area (Å²) in [4.78, 5) is 8.81. The van der Waals surface area contributed by atoms with Crippen molar-refractivity contribution in [2.24, 2.45) is 0 Å². The molecule has 5 heteroatoms. The van der Waals surface area contributed by atoms with Crippen LogP contribution in [0.25, 0.3) is 11.3 Å². The Labute approximate surface area is 110 Å². The zero-order valence-corrected chi connectivity index (χ0v) is 10.6. The summed E-state index contributed by atoms with van der Waals surface area (Å²) >= 11 is 0. The molecule has 1 saturated heterocycles. The van der Waals surface area contributed by atoms with Gasteiger partial charge in [-0.3, -0.25) is 9.97 Å². The van der Waals surface area contributed by atoms with Crippen LogP contribution in [0, 0.1) is 5.82 Å². The van der Waals surface area contributed by atoms with E-state index in [-0.39, 0.29) is 11.6 Å². The maximum absolute atomic E-state index is 13.5. The molecule has 19 heavy (non-hydrogen) atoms. The molecular weight excluding hydrogens is 245 g/mol. The van der Waals surface area contributed by atoms with Crippen LogP contribution in [0.4, 0.5) is 4.39 Å². The lowest BCUT2D eigenvalue weighted by Gasteiger charge is -2.27. The summed E-state index contributed by atoms with van der Waals surface area (Å²) in [5.74, 6) is 0.225. The average molecular weight is 259 g/mol. The van der Waals surface area contributed by atoms with E-state index in [0.29, 0.717) is 5.92 Å². The summed E-state index contributed by atoms with van der Waals surface area (Å²) < 4.78 is 18.5. The molecule has 3 rings (SSSR count). The third-order valence-corrected chi connectivity index (χ3v) is 3.32. The van der Waals surface area contributed by atoms with E-state index in [2.05, 4.69) is 15.3 Å². The number of hydrogen-bond acceptors (Lipinski definition) is 4. The lowest BCUT2D eigenvalue weighted by atomic mass is 9.94. The highest BCUT2D eigenvalue weighted by molar-refractivity contribution is 5.64. The van der Waals surface area contributed by atoms with Crippen molar-refractivity contribution in [2.45, 2.75) is 5.92 Å². The molecule has 0 unspecified atom stereocenters. The molecule has 0 amide bonds. The Morgan fingerprint density at radius 2 is 2.05 bits per heavy atom. The third-order valence-electron chi connectivity index (χ3n) is 3.32. The zero-order chi connectivity index (χ0) is 13.2. The van der Waals surface area contributed by atoms with Gasteiger partial charge in [0.15, 0.2) is 11.6 Å². The van der Waals surface area contributed by atoms with Crippen molar-refractivity contribution < 1.29 is 9.13 Å². The molecule has 4 nitrogen and oxygen atoms in total. The Kier molecular flexibility index (Phi) is 3.13. The fraction of sp³-hybridized carbons (Fsp3) is 0.286. The topological polar surface area (TPSA) is 47.0 Å². The van der Waals surface area contributed by atoms with Gasteiger partial charge in [-0.25, -0.2) is 4.39 Å². The minimum absolute atomic E-state index is 0.223. The molecule has 2 aromatic rings. The standard InChI is InChI=1S/C14H14FN3O/c1-19-12-6-9(2-3-11(12)15)13-14(10-7-16-8-10)18-5-4-17-13/h2-6,10,16H,7-8H2,1H3. The van der Waals surface area contributed by atoms with Gasteiger partial charge in [-0.1, -0.05) is 0 Å². The monoisotopic (exact) mass is 259 g/mol. The van der Waals surface area contributed by atoms with Gasteiger partial charge in [-0.05, 0) is 18.2 Å². The van der Waals surface area contributed by atoms with Crippen LogP contribution < -0.4 is 10.1 Å². The summed E-state index contributed by atoms with van der Waals surface area (Å²) in [6.07, 6.45) is 3.35. The largest absolute Gasteiger partial charge is 0.494 e. The molecule has 0 atom stereocenters. The molecule has 1 aromatic carbocycles. The van der Waals surface area contributed by atoms with Gasteiger partial charge in [0, 0.05) is 37.0 Å². The quantitative estimate of drug-likeness (QED) is 0.915. The second-order valence-electron chi connectivity index (χ2n) is 4.49. The van der Waals surface area contributed by atoms with Crippen molar-refractivity contribution in [3.05, 3.63) is 42.1 Å². The van der Waals surface area contributed by atoms with Crippen molar-refractivity contribution in [1.29, 1.82) is 0 Å². The first-order valence-electron chi connectivity index (χ1n) is 6.15. The first-order chi connectivity index (χ1) is 9.29. The van der Waals surface area contributed by atoms with E-state index in [0.717, 1.165) is 30.0 Å². The molecule has 0 saturated carbocycles. The van der Waals surface area contributed by atoms with Gasteiger partial charge < -0.3 is 10.1 Å². The van der Waals surface area contributed by atoms with Gasteiger partial charge in [0.05, 0.1) is 18.5 Å². The number of halogens is 1. The van der Waals surface area contributed by atoms with E-state index >= 15 is 0 Å². The summed E-state index contributed by atoms with van der Waals surface area (Å²) in [6, 6.07) is 4.76. The summed E-state index contributed by atoms with van der Waals surface area (Å²) in [5.41, 5.74) is 2.58. The molecule has 1 aliphatic rings. The number of nitrogens with zero attached hydrogens (tertiary/aromatic N) is 2. The van der Waals surface area contributed by atoms with Crippen molar-refractivity contribution in [1.82, 2.24) is 15.3 Å². The summed E-state index contributed by atoms with van der Waals surface area (Å²) in [7, 11) is 1.45. The van der Waals surface area contributed by atoms with E-state index in [1.54, 1.807) is 24.5 Å². The number of benzene rings is 1. The number of rotatable bonds is 3. The summed E-state index contributed by atoms with van der Waals surface area (Å²) in [5, 5.41) is 3.22. The molecule has 0 aliphatic carbocycles. The Morgan fingerprint density at radius 3 is 2.74 bits per heavy atom. The van der Waals surface area contributed by atoms with Crippen LogP contribution >= 0.6 is 0 Å². The van der Waals surface area contributed by atoms with Gasteiger partial charge in [-0.2, -0.15) is 0 Å². The van der Waals surface area contributed by atoms with Crippen LogP contribution in [-0.2, 0) is 0 Å². The molecule has 98 valence electrons. The normalized spacial score (nSPS) is 15.1. The SMILES string of the molecule is COc1cc(-c2nccnc2C2CNC2)ccc1F. The lowest BCUT2D eigenvalue weighted by Crippen LogP contribution is -2.40. The molecular formula is C14H14FN3O. The highest BCUT2D eigenvalue weighted by atomic mass is 19.1. The molecule has 0 bridgehead atoms. The number of methoxy groups -OCH3 is 1. The van der Waals surface area contributed by atoms with Crippen molar-refractivity contribution in [2.75, 3.05) is 20.2 Å². The Balaban J connectivity index is 2.06. The molecule has 0 spiro atoms. The Morgan fingerprint density at radius 1 is 1.26 bits per heavy atom. The van der Waals surface area contributed by atoms with Crippen molar-refractivity contribution in [3.63, 3.8) is 0 Å². The van der Waals surface area contributed by atoms with Crippen molar-refractivity contribution in [3.8, 4) is 17.0 Å². The van der Waals surface area contributed by atoms with E-state index < -0.39 is 0 Å². The molecule has 1 N–H and O–H groups in total. The molecule has 0 radical (unpaired) electrons. The zero-order valence-electron chi connectivity index (χ0n) is 10.6. The van der Waals surface area contributed by atoms with Gasteiger partial charge in [0.1, 0.15) is 0 Å². The minimum Gasteiger partial charge on any atom is -0.494 e. The summed E-state index contributed by atoms with van der Waals surface area (Å²) in [6.45, 7) is 1.81. The average Bonchev–Trinajstić information content (AvgIpc) is 2.38. The predicted molar refractivity (Wildman–Crippen MR) is 69.6 cm³/mol. The van der Waals surface area contributed by atoms with E-state index in [4.69, 9.17) is 4.74 Å². The molecule has 2 heterocycles. The van der Waals surface area contributed by atoms with Gasteiger partial charge >= 0.3 is 0 Å². The fourth-order valence-corrected chi connectivity index (χ4v) is 2.16.